The quantitative estimate of drug-likeness (QED) is 0.883. The van der Waals surface area contributed by atoms with E-state index in [9.17, 15) is 5.11 Å². The van der Waals surface area contributed by atoms with Gasteiger partial charge in [0.25, 0.3) is 0 Å². The lowest BCUT2D eigenvalue weighted by atomic mass is 10.0. The maximum absolute atomic E-state index is 9.68. The van der Waals surface area contributed by atoms with Crippen LogP contribution in [-0.4, -0.2) is 46.9 Å². The predicted molar refractivity (Wildman–Crippen MR) is 98.5 cm³/mol. The number of benzene rings is 1. The minimum atomic E-state index is -0.238. The molecule has 0 radical (unpaired) electrons. The second kappa shape index (κ2) is 7.45. The van der Waals surface area contributed by atoms with E-state index >= 15 is 0 Å². The zero-order valence-corrected chi connectivity index (χ0v) is 14.9. The number of hydrogen-bond donors (Lipinski definition) is 2. The lowest BCUT2D eigenvalue weighted by Gasteiger charge is -2.33. The zero-order valence-electron chi connectivity index (χ0n) is 14.9. The van der Waals surface area contributed by atoms with Crippen molar-refractivity contribution in [2.24, 2.45) is 0 Å². The molecule has 1 aromatic carbocycles. The van der Waals surface area contributed by atoms with E-state index in [1.807, 2.05) is 6.92 Å². The van der Waals surface area contributed by atoms with Crippen LogP contribution in [0.4, 0.5) is 5.95 Å². The molecule has 1 aliphatic rings. The minimum absolute atomic E-state index is 0.238. The highest BCUT2D eigenvalue weighted by Crippen LogP contribution is 2.22. The van der Waals surface area contributed by atoms with Crippen molar-refractivity contribution in [3.8, 4) is 0 Å². The number of aryl methyl sites for hydroxylation is 2. The Labute approximate surface area is 144 Å². The third-order valence-electron chi connectivity index (χ3n) is 4.92. The van der Waals surface area contributed by atoms with Gasteiger partial charge in [0.15, 0.2) is 0 Å². The largest absolute Gasteiger partial charge is 0.392 e. The molecule has 5 nitrogen and oxygen atoms in total. The molecule has 1 saturated heterocycles. The minimum Gasteiger partial charge on any atom is -0.392 e. The van der Waals surface area contributed by atoms with Gasteiger partial charge in [-0.3, -0.25) is 0 Å². The summed E-state index contributed by atoms with van der Waals surface area (Å²) in [4.78, 5) is 11.8. The molecule has 1 aliphatic heterocycles. The van der Waals surface area contributed by atoms with E-state index in [4.69, 9.17) is 9.97 Å². The van der Waals surface area contributed by atoms with Gasteiger partial charge in [-0.05, 0) is 45.2 Å². The SMILES string of the molecule is CCC(O)CNC1CCN(c2nc(C)c3cc(C)ccc3n2)CC1. The van der Waals surface area contributed by atoms with Crippen LogP contribution < -0.4 is 10.2 Å². The van der Waals surface area contributed by atoms with Crippen LogP contribution in [0.25, 0.3) is 10.9 Å². The summed E-state index contributed by atoms with van der Waals surface area (Å²) in [6, 6.07) is 6.83. The fourth-order valence-corrected chi connectivity index (χ4v) is 3.25. The van der Waals surface area contributed by atoms with Gasteiger partial charge >= 0.3 is 0 Å². The Balaban J connectivity index is 1.66. The average Bonchev–Trinajstić information content (AvgIpc) is 2.60. The van der Waals surface area contributed by atoms with Gasteiger partial charge in [-0.2, -0.15) is 0 Å². The molecule has 0 spiro atoms. The van der Waals surface area contributed by atoms with E-state index in [1.54, 1.807) is 0 Å². The highest BCUT2D eigenvalue weighted by atomic mass is 16.3. The summed E-state index contributed by atoms with van der Waals surface area (Å²) in [5.74, 6) is 0.843. The van der Waals surface area contributed by atoms with E-state index in [0.29, 0.717) is 12.6 Å². The van der Waals surface area contributed by atoms with Gasteiger partial charge in [0.1, 0.15) is 0 Å². The molecule has 0 aliphatic carbocycles. The molecular formula is C19H28N4O. The number of aliphatic hydroxyl groups excluding tert-OH is 1. The molecule has 1 aromatic heterocycles. The van der Waals surface area contributed by atoms with Crippen LogP contribution >= 0.6 is 0 Å². The predicted octanol–water partition coefficient (Wildman–Crippen LogP) is 2.58. The summed E-state index contributed by atoms with van der Waals surface area (Å²) in [6.07, 6.45) is 2.68. The molecule has 2 heterocycles. The van der Waals surface area contributed by atoms with Crippen molar-refractivity contribution in [2.75, 3.05) is 24.5 Å². The lowest BCUT2D eigenvalue weighted by Crippen LogP contribution is -2.45. The Morgan fingerprint density at radius 3 is 2.71 bits per heavy atom. The topological polar surface area (TPSA) is 61.3 Å². The van der Waals surface area contributed by atoms with E-state index in [-0.39, 0.29) is 6.10 Å². The summed E-state index contributed by atoms with van der Waals surface area (Å²) >= 11 is 0. The molecule has 0 amide bonds. The zero-order chi connectivity index (χ0) is 17.1. The van der Waals surface area contributed by atoms with Crippen molar-refractivity contribution in [3.63, 3.8) is 0 Å². The number of fused-ring (bicyclic) bond motifs is 1. The van der Waals surface area contributed by atoms with Crippen molar-refractivity contribution >= 4 is 16.9 Å². The Bertz CT molecular complexity index is 695. The van der Waals surface area contributed by atoms with Gasteiger partial charge in [0.05, 0.1) is 17.3 Å². The Morgan fingerprint density at radius 2 is 2.00 bits per heavy atom. The number of rotatable bonds is 5. The standard InChI is InChI=1S/C19H28N4O/c1-4-16(24)12-20-15-7-9-23(10-8-15)19-21-14(3)17-11-13(2)5-6-18(17)22-19/h5-6,11,15-16,20,24H,4,7-10,12H2,1-3H3. The Hall–Kier alpha value is -1.72. The maximum atomic E-state index is 9.68. The summed E-state index contributed by atoms with van der Waals surface area (Å²) in [6.45, 7) is 8.77. The van der Waals surface area contributed by atoms with E-state index in [2.05, 4.69) is 42.3 Å². The van der Waals surface area contributed by atoms with Gasteiger partial charge in [-0.25, -0.2) is 9.97 Å². The molecule has 0 bridgehead atoms. The normalized spacial score (nSPS) is 17.4. The van der Waals surface area contributed by atoms with Crippen LogP contribution in [0, 0.1) is 13.8 Å². The summed E-state index contributed by atoms with van der Waals surface area (Å²) in [5, 5.41) is 14.3. The van der Waals surface area contributed by atoms with Gasteiger partial charge in [0, 0.05) is 31.1 Å². The molecule has 24 heavy (non-hydrogen) atoms. The molecule has 1 fully saturated rings. The monoisotopic (exact) mass is 328 g/mol. The third kappa shape index (κ3) is 3.84. The first-order valence-corrected chi connectivity index (χ1v) is 8.98. The van der Waals surface area contributed by atoms with Gasteiger partial charge in [-0.1, -0.05) is 18.6 Å². The molecule has 2 N–H and O–H groups in total. The number of hydrogen-bond acceptors (Lipinski definition) is 5. The number of aliphatic hydroxyl groups is 1. The number of nitrogens with one attached hydrogen (secondary N) is 1. The Morgan fingerprint density at radius 1 is 1.25 bits per heavy atom. The van der Waals surface area contributed by atoms with Crippen LogP contribution in [0.2, 0.25) is 0 Å². The molecule has 1 atom stereocenters. The first-order chi connectivity index (χ1) is 11.6. The van der Waals surface area contributed by atoms with Crippen LogP contribution in [-0.2, 0) is 0 Å². The fourth-order valence-electron chi connectivity index (χ4n) is 3.25. The molecule has 5 heteroatoms. The van der Waals surface area contributed by atoms with Crippen molar-refractivity contribution in [1.82, 2.24) is 15.3 Å². The van der Waals surface area contributed by atoms with Crippen molar-refractivity contribution in [1.29, 1.82) is 0 Å². The average molecular weight is 328 g/mol. The molecule has 3 rings (SSSR count). The van der Waals surface area contributed by atoms with Crippen molar-refractivity contribution in [3.05, 3.63) is 29.5 Å². The molecule has 2 aromatic rings. The first-order valence-electron chi connectivity index (χ1n) is 8.98. The van der Waals surface area contributed by atoms with Crippen molar-refractivity contribution < 1.29 is 5.11 Å². The number of piperidine rings is 1. The van der Waals surface area contributed by atoms with Gasteiger partial charge < -0.3 is 15.3 Å². The van der Waals surface area contributed by atoms with E-state index < -0.39 is 0 Å². The van der Waals surface area contributed by atoms with Crippen LogP contribution in [0.5, 0.6) is 0 Å². The van der Waals surface area contributed by atoms with Crippen LogP contribution in [0.1, 0.15) is 37.4 Å². The van der Waals surface area contributed by atoms with E-state index in [0.717, 1.165) is 54.9 Å². The third-order valence-corrected chi connectivity index (χ3v) is 4.92. The second-order valence-corrected chi connectivity index (χ2v) is 6.86. The smallest absolute Gasteiger partial charge is 0.226 e. The van der Waals surface area contributed by atoms with Crippen LogP contribution in [0.15, 0.2) is 18.2 Å². The fraction of sp³-hybridized carbons (Fsp3) is 0.579. The van der Waals surface area contributed by atoms with Gasteiger partial charge in [0.2, 0.25) is 5.95 Å². The molecule has 1 unspecified atom stereocenters. The number of nitrogens with zero attached hydrogens (tertiary/aromatic N) is 3. The first kappa shape index (κ1) is 17.1. The summed E-state index contributed by atoms with van der Waals surface area (Å²) < 4.78 is 0. The summed E-state index contributed by atoms with van der Waals surface area (Å²) in [5.41, 5.74) is 3.31. The van der Waals surface area contributed by atoms with Crippen molar-refractivity contribution in [2.45, 2.75) is 52.2 Å². The molecular weight excluding hydrogens is 300 g/mol. The maximum Gasteiger partial charge on any atom is 0.226 e. The van der Waals surface area contributed by atoms with E-state index in [1.165, 1.54) is 5.56 Å². The van der Waals surface area contributed by atoms with Gasteiger partial charge in [-0.15, -0.1) is 0 Å². The number of anilines is 1. The summed E-state index contributed by atoms with van der Waals surface area (Å²) in [7, 11) is 0. The second-order valence-electron chi connectivity index (χ2n) is 6.86. The highest BCUT2D eigenvalue weighted by molar-refractivity contribution is 5.82. The molecule has 130 valence electrons. The number of aromatic nitrogens is 2. The Kier molecular flexibility index (Phi) is 5.31. The highest BCUT2D eigenvalue weighted by Gasteiger charge is 2.21. The molecule has 0 saturated carbocycles. The lowest BCUT2D eigenvalue weighted by molar-refractivity contribution is 0.160. The van der Waals surface area contributed by atoms with Crippen LogP contribution in [0.3, 0.4) is 0 Å².